The lowest BCUT2D eigenvalue weighted by atomic mass is 10.0. The first-order chi connectivity index (χ1) is 17.2. The lowest BCUT2D eigenvalue weighted by Crippen LogP contribution is -2.32. The van der Waals surface area contributed by atoms with Crippen LogP contribution in [-0.4, -0.2) is 31.7 Å². The van der Waals surface area contributed by atoms with Gasteiger partial charge in [-0.15, -0.1) is 0 Å². The second kappa shape index (κ2) is 12.1. The van der Waals surface area contributed by atoms with Gasteiger partial charge in [0.2, 0.25) is 0 Å². The maximum atomic E-state index is 12.9. The summed E-state index contributed by atoms with van der Waals surface area (Å²) in [7, 11) is 1.42. The first-order valence-electron chi connectivity index (χ1n) is 11.2. The van der Waals surface area contributed by atoms with Crippen molar-refractivity contribution in [3.63, 3.8) is 0 Å². The smallest absolute Gasteiger partial charge is 0.416 e. The molecular weight excluding hydrogens is 475 g/mol. The Morgan fingerprint density at radius 1 is 0.944 bits per heavy atom. The molecule has 1 amide bonds. The van der Waals surface area contributed by atoms with Gasteiger partial charge in [0.1, 0.15) is 11.5 Å². The van der Waals surface area contributed by atoms with Crippen molar-refractivity contribution in [3.8, 4) is 11.5 Å². The zero-order valence-corrected chi connectivity index (χ0v) is 19.8. The van der Waals surface area contributed by atoms with Crippen LogP contribution >= 0.6 is 0 Å². The highest BCUT2D eigenvalue weighted by Gasteiger charge is 2.30. The van der Waals surface area contributed by atoms with Gasteiger partial charge in [0.25, 0.3) is 5.91 Å². The van der Waals surface area contributed by atoms with Crippen LogP contribution in [-0.2, 0) is 28.7 Å². The number of hydrogen-bond acceptors (Lipinski definition) is 5. The second-order valence-electron chi connectivity index (χ2n) is 7.79. The number of halogens is 3. The number of para-hydroxylation sites is 1. The van der Waals surface area contributed by atoms with Crippen LogP contribution in [0.3, 0.4) is 0 Å². The SMILES string of the molecule is CCOC(=O)C(Cc1ccc(OC)c(C(=O)NCc2ccc(C(F)(F)F)cc2)c1)Oc1ccccc1. The molecule has 0 spiro atoms. The standard InChI is InChI=1S/C27H26F3NO5/c1-3-35-26(33)24(36-21-7-5-4-6-8-21)16-19-11-14-23(34-2)22(15-19)25(32)31-17-18-9-12-20(13-10-18)27(28,29)30/h4-15,24H,3,16-17H2,1-2H3,(H,31,32). The number of carbonyl (C=O) groups is 2. The zero-order chi connectivity index (χ0) is 26.1. The maximum Gasteiger partial charge on any atom is 0.416 e. The molecule has 0 aliphatic heterocycles. The monoisotopic (exact) mass is 501 g/mol. The molecule has 190 valence electrons. The quantitative estimate of drug-likeness (QED) is 0.387. The van der Waals surface area contributed by atoms with Gasteiger partial charge in [-0.05, 0) is 54.4 Å². The molecule has 3 rings (SSSR count). The molecule has 0 saturated carbocycles. The number of hydrogen-bond donors (Lipinski definition) is 1. The number of benzene rings is 3. The number of alkyl halides is 3. The van der Waals surface area contributed by atoms with Crippen LogP contribution in [0, 0.1) is 0 Å². The van der Waals surface area contributed by atoms with Crippen LogP contribution in [0.5, 0.6) is 11.5 Å². The van der Waals surface area contributed by atoms with E-state index >= 15 is 0 Å². The molecular formula is C27H26F3NO5. The van der Waals surface area contributed by atoms with Gasteiger partial charge in [-0.1, -0.05) is 36.4 Å². The van der Waals surface area contributed by atoms with E-state index < -0.39 is 29.7 Å². The van der Waals surface area contributed by atoms with Crippen LogP contribution in [0.15, 0.2) is 72.8 Å². The zero-order valence-electron chi connectivity index (χ0n) is 19.8. The summed E-state index contributed by atoms with van der Waals surface area (Å²) in [5, 5.41) is 2.69. The first-order valence-corrected chi connectivity index (χ1v) is 11.2. The van der Waals surface area contributed by atoms with E-state index in [2.05, 4.69) is 5.32 Å². The van der Waals surface area contributed by atoms with Crippen LogP contribution in [0.4, 0.5) is 13.2 Å². The third-order valence-corrected chi connectivity index (χ3v) is 5.23. The minimum absolute atomic E-state index is 0.0208. The molecule has 3 aromatic carbocycles. The molecule has 6 nitrogen and oxygen atoms in total. The largest absolute Gasteiger partial charge is 0.496 e. The Balaban J connectivity index is 1.75. The molecule has 1 atom stereocenters. The van der Waals surface area contributed by atoms with Gasteiger partial charge in [0.05, 0.1) is 24.8 Å². The third-order valence-electron chi connectivity index (χ3n) is 5.23. The van der Waals surface area contributed by atoms with Crippen molar-refractivity contribution in [2.24, 2.45) is 0 Å². The number of carbonyl (C=O) groups excluding carboxylic acids is 2. The Morgan fingerprint density at radius 2 is 1.61 bits per heavy atom. The lowest BCUT2D eigenvalue weighted by molar-refractivity contribution is -0.151. The Bertz CT molecular complexity index is 1160. The van der Waals surface area contributed by atoms with Crippen LogP contribution < -0.4 is 14.8 Å². The van der Waals surface area contributed by atoms with E-state index in [-0.39, 0.29) is 25.1 Å². The molecule has 0 aromatic heterocycles. The summed E-state index contributed by atoms with van der Waals surface area (Å²) in [4.78, 5) is 25.4. The van der Waals surface area contributed by atoms with Crippen molar-refractivity contribution < 1.29 is 37.0 Å². The average molecular weight is 502 g/mol. The Kier molecular flexibility index (Phi) is 8.94. The van der Waals surface area contributed by atoms with E-state index in [0.29, 0.717) is 22.6 Å². The topological polar surface area (TPSA) is 73.9 Å². The molecule has 9 heteroatoms. The van der Waals surface area contributed by atoms with Crippen molar-refractivity contribution in [1.82, 2.24) is 5.32 Å². The molecule has 0 aliphatic carbocycles. The molecule has 0 saturated heterocycles. The Labute approximate surface area is 207 Å². The van der Waals surface area contributed by atoms with Crippen molar-refractivity contribution >= 4 is 11.9 Å². The van der Waals surface area contributed by atoms with E-state index in [1.807, 2.05) is 6.07 Å². The summed E-state index contributed by atoms with van der Waals surface area (Å²) in [5.41, 5.74) is 0.583. The van der Waals surface area contributed by atoms with Crippen LogP contribution in [0.1, 0.15) is 34.0 Å². The molecule has 0 fully saturated rings. The fourth-order valence-corrected chi connectivity index (χ4v) is 3.43. The van der Waals surface area contributed by atoms with E-state index in [1.54, 1.807) is 49.4 Å². The fourth-order valence-electron chi connectivity index (χ4n) is 3.43. The number of amides is 1. The summed E-state index contributed by atoms with van der Waals surface area (Å²) in [6, 6.07) is 18.3. The highest BCUT2D eigenvalue weighted by atomic mass is 19.4. The van der Waals surface area contributed by atoms with E-state index in [1.165, 1.54) is 19.2 Å². The van der Waals surface area contributed by atoms with E-state index in [9.17, 15) is 22.8 Å². The molecule has 1 N–H and O–H groups in total. The van der Waals surface area contributed by atoms with Gasteiger partial charge >= 0.3 is 12.1 Å². The summed E-state index contributed by atoms with van der Waals surface area (Å²) < 4.78 is 54.6. The molecule has 3 aromatic rings. The normalized spacial score (nSPS) is 11.9. The summed E-state index contributed by atoms with van der Waals surface area (Å²) in [6.07, 6.45) is -5.23. The van der Waals surface area contributed by atoms with Crippen molar-refractivity contribution in [3.05, 3.63) is 95.1 Å². The fraction of sp³-hybridized carbons (Fsp3) is 0.259. The van der Waals surface area contributed by atoms with Gasteiger partial charge in [0.15, 0.2) is 6.10 Å². The number of rotatable bonds is 10. The van der Waals surface area contributed by atoms with Gasteiger partial charge in [-0.2, -0.15) is 13.2 Å². The van der Waals surface area contributed by atoms with Crippen LogP contribution in [0.2, 0.25) is 0 Å². The predicted molar refractivity (Wildman–Crippen MR) is 127 cm³/mol. The number of nitrogens with one attached hydrogen (secondary N) is 1. The van der Waals surface area contributed by atoms with Gasteiger partial charge < -0.3 is 19.5 Å². The highest BCUT2D eigenvalue weighted by Crippen LogP contribution is 2.29. The Morgan fingerprint density at radius 3 is 2.22 bits per heavy atom. The number of ether oxygens (including phenoxy) is 3. The molecule has 36 heavy (non-hydrogen) atoms. The minimum Gasteiger partial charge on any atom is -0.496 e. The van der Waals surface area contributed by atoms with Crippen LogP contribution in [0.25, 0.3) is 0 Å². The lowest BCUT2D eigenvalue weighted by Gasteiger charge is -2.19. The predicted octanol–water partition coefficient (Wildman–Crippen LogP) is 5.20. The molecule has 0 radical (unpaired) electrons. The van der Waals surface area contributed by atoms with Crippen molar-refractivity contribution in [2.45, 2.75) is 32.2 Å². The summed E-state index contributed by atoms with van der Waals surface area (Å²) >= 11 is 0. The molecule has 1 unspecified atom stereocenters. The summed E-state index contributed by atoms with van der Waals surface area (Å²) in [6.45, 7) is 1.91. The van der Waals surface area contributed by atoms with Gasteiger partial charge in [-0.25, -0.2) is 4.79 Å². The number of methoxy groups -OCH3 is 1. The number of esters is 1. The highest BCUT2D eigenvalue weighted by molar-refractivity contribution is 5.97. The van der Waals surface area contributed by atoms with E-state index in [0.717, 1.165) is 12.1 Å². The van der Waals surface area contributed by atoms with E-state index in [4.69, 9.17) is 14.2 Å². The molecule has 0 bridgehead atoms. The van der Waals surface area contributed by atoms with Gasteiger partial charge in [0, 0.05) is 13.0 Å². The molecule has 0 aliphatic rings. The van der Waals surface area contributed by atoms with Gasteiger partial charge in [-0.3, -0.25) is 4.79 Å². The minimum atomic E-state index is -4.43. The average Bonchev–Trinajstić information content (AvgIpc) is 2.87. The molecule has 0 heterocycles. The van der Waals surface area contributed by atoms with Crippen molar-refractivity contribution in [2.75, 3.05) is 13.7 Å². The first kappa shape index (κ1) is 26.6. The Hall–Kier alpha value is -4.01. The third kappa shape index (κ3) is 7.24. The maximum absolute atomic E-state index is 12.9. The second-order valence-corrected chi connectivity index (χ2v) is 7.79. The summed E-state index contributed by atoms with van der Waals surface area (Å²) in [5.74, 6) is -0.213. The van der Waals surface area contributed by atoms with Crippen molar-refractivity contribution in [1.29, 1.82) is 0 Å².